The summed E-state index contributed by atoms with van der Waals surface area (Å²) >= 11 is 2.28. The third-order valence-corrected chi connectivity index (χ3v) is 10.6. The van der Waals surface area contributed by atoms with Crippen molar-refractivity contribution in [2.75, 3.05) is 27.4 Å². The van der Waals surface area contributed by atoms with Crippen molar-refractivity contribution < 1.29 is 33.3 Å². The lowest BCUT2D eigenvalue weighted by molar-refractivity contribution is 0.0809. The van der Waals surface area contributed by atoms with E-state index in [0.717, 1.165) is 32.1 Å². The van der Waals surface area contributed by atoms with Crippen LogP contribution in [-0.2, 0) is 0 Å². The lowest BCUT2D eigenvalue weighted by atomic mass is 10.0. The number of halogens is 1. The van der Waals surface area contributed by atoms with E-state index in [1.807, 2.05) is 30.7 Å². The first kappa shape index (κ1) is 35.3. The topological polar surface area (TPSA) is 119 Å². The number of fused-ring (bicyclic) bond motifs is 4. The van der Waals surface area contributed by atoms with Crippen LogP contribution in [0.1, 0.15) is 61.5 Å². The molecule has 4 aliphatic rings. The number of rotatable bonds is 11. The van der Waals surface area contributed by atoms with Crippen LogP contribution in [0.2, 0.25) is 0 Å². The zero-order chi connectivity index (χ0) is 37.3. The number of methoxy groups -OCH3 is 2. The Labute approximate surface area is 325 Å². The zero-order valence-electron chi connectivity index (χ0n) is 29.5. The molecule has 12 heteroatoms. The van der Waals surface area contributed by atoms with Crippen LogP contribution in [0.4, 0.5) is 11.4 Å². The SMILES string of the molecule is COc1cc2c(cc1OCCCOc1cc3c(cc1OC)C(=O)N1C=C(c4ccc(C=O)cc4)C[C@H]1C=N3)N=C[C@@H]1CC(c3ccc(I)cc3)=CN1C2=O. The first-order valence-electron chi connectivity index (χ1n) is 17.5. The summed E-state index contributed by atoms with van der Waals surface area (Å²) in [5.41, 5.74) is 6.60. The van der Waals surface area contributed by atoms with Gasteiger partial charge in [0, 0.05) is 65.4 Å². The fraction of sp³-hybridized carbons (Fsp3) is 0.214. The third kappa shape index (κ3) is 6.77. The monoisotopic (exact) mass is 834 g/mol. The van der Waals surface area contributed by atoms with Crippen molar-refractivity contribution in [3.05, 3.63) is 117 Å². The van der Waals surface area contributed by atoms with Crippen LogP contribution in [0.15, 0.2) is 95.2 Å². The molecule has 11 nitrogen and oxygen atoms in total. The minimum absolute atomic E-state index is 0.143. The highest BCUT2D eigenvalue weighted by Gasteiger charge is 2.35. The zero-order valence-corrected chi connectivity index (χ0v) is 31.7. The Hall–Kier alpha value is -5.76. The largest absolute Gasteiger partial charge is 0.493 e. The van der Waals surface area contributed by atoms with Crippen molar-refractivity contribution in [2.24, 2.45) is 9.98 Å². The van der Waals surface area contributed by atoms with Crippen molar-refractivity contribution in [3.8, 4) is 23.0 Å². The van der Waals surface area contributed by atoms with E-state index in [9.17, 15) is 14.4 Å². The van der Waals surface area contributed by atoms with E-state index in [1.54, 1.807) is 59.5 Å². The van der Waals surface area contributed by atoms with Crippen molar-refractivity contribution in [1.29, 1.82) is 0 Å². The van der Waals surface area contributed by atoms with Gasteiger partial charge in [0.05, 0.1) is 62.0 Å². The van der Waals surface area contributed by atoms with Crippen LogP contribution < -0.4 is 18.9 Å². The molecule has 0 spiro atoms. The van der Waals surface area contributed by atoms with Gasteiger partial charge in [0.15, 0.2) is 23.0 Å². The maximum absolute atomic E-state index is 13.7. The molecule has 0 bridgehead atoms. The minimum atomic E-state index is -0.238. The van der Waals surface area contributed by atoms with Gasteiger partial charge in [0.1, 0.15) is 6.29 Å². The van der Waals surface area contributed by atoms with Crippen molar-refractivity contribution >= 4 is 75.6 Å². The summed E-state index contributed by atoms with van der Waals surface area (Å²) < 4.78 is 24.6. The molecule has 8 rings (SSSR count). The lowest BCUT2D eigenvalue weighted by Crippen LogP contribution is -2.32. The van der Waals surface area contributed by atoms with Crippen molar-refractivity contribution in [2.45, 2.75) is 31.3 Å². The highest BCUT2D eigenvalue weighted by atomic mass is 127. The molecule has 0 aliphatic carbocycles. The molecule has 0 aromatic heterocycles. The Bertz CT molecular complexity index is 2280. The predicted octanol–water partition coefficient (Wildman–Crippen LogP) is 7.91. The molecular weight excluding hydrogens is 799 g/mol. The molecule has 272 valence electrons. The number of nitrogens with zero attached hydrogens (tertiary/aromatic N) is 4. The van der Waals surface area contributed by atoms with Crippen molar-refractivity contribution in [1.82, 2.24) is 9.80 Å². The number of carbonyl (C=O) groups is 3. The average molecular weight is 835 g/mol. The van der Waals surface area contributed by atoms with Gasteiger partial charge in [-0.25, -0.2) is 0 Å². The van der Waals surface area contributed by atoms with E-state index >= 15 is 0 Å². The number of hydrogen-bond acceptors (Lipinski definition) is 9. The fourth-order valence-electron chi connectivity index (χ4n) is 7.01. The number of aldehydes is 1. The number of aliphatic imine (C=N–C) groups is 2. The van der Waals surface area contributed by atoms with Gasteiger partial charge in [-0.05, 0) is 69.1 Å². The molecule has 0 N–H and O–H groups in total. The lowest BCUT2D eigenvalue weighted by Gasteiger charge is -2.19. The molecule has 0 unspecified atom stereocenters. The summed E-state index contributed by atoms with van der Waals surface area (Å²) in [6.07, 6.45) is 9.99. The molecule has 4 aromatic rings. The highest BCUT2D eigenvalue weighted by Crippen LogP contribution is 2.42. The summed E-state index contributed by atoms with van der Waals surface area (Å²) in [5, 5.41) is 0. The summed E-state index contributed by atoms with van der Waals surface area (Å²) in [6.45, 7) is 0.600. The molecule has 54 heavy (non-hydrogen) atoms. The second-order valence-corrected chi connectivity index (χ2v) is 14.4. The maximum Gasteiger partial charge on any atom is 0.260 e. The first-order valence-corrected chi connectivity index (χ1v) is 18.6. The smallest absolute Gasteiger partial charge is 0.260 e. The van der Waals surface area contributed by atoms with Crippen LogP contribution in [0.25, 0.3) is 11.1 Å². The van der Waals surface area contributed by atoms with Gasteiger partial charge < -0.3 is 28.7 Å². The Morgan fingerprint density at radius 2 is 1.15 bits per heavy atom. The third-order valence-electron chi connectivity index (χ3n) is 9.86. The Morgan fingerprint density at radius 3 is 1.59 bits per heavy atom. The summed E-state index contributed by atoms with van der Waals surface area (Å²) in [5.74, 6) is 1.46. The van der Waals surface area contributed by atoms with Crippen LogP contribution in [0.3, 0.4) is 0 Å². The van der Waals surface area contributed by atoms with E-state index in [4.69, 9.17) is 23.9 Å². The molecule has 0 saturated carbocycles. The molecule has 0 fully saturated rings. The second kappa shape index (κ2) is 14.9. The summed E-state index contributed by atoms with van der Waals surface area (Å²) in [7, 11) is 3.07. The van der Waals surface area contributed by atoms with E-state index in [0.29, 0.717) is 83.5 Å². The number of benzene rings is 4. The van der Waals surface area contributed by atoms with Gasteiger partial charge in [-0.2, -0.15) is 0 Å². The molecule has 0 radical (unpaired) electrons. The average Bonchev–Trinajstić information content (AvgIpc) is 3.78. The molecule has 0 saturated heterocycles. The number of hydrogen-bond donors (Lipinski definition) is 0. The molecular formula is C42H35IN4O7. The van der Waals surface area contributed by atoms with Crippen LogP contribution >= 0.6 is 22.6 Å². The van der Waals surface area contributed by atoms with Gasteiger partial charge in [-0.15, -0.1) is 0 Å². The quantitative estimate of drug-likeness (QED) is 0.0857. The Morgan fingerprint density at radius 1 is 0.685 bits per heavy atom. The van der Waals surface area contributed by atoms with Gasteiger partial charge in [0.25, 0.3) is 11.8 Å². The van der Waals surface area contributed by atoms with Crippen LogP contribution in [0, 0.1) is 3.57 Å². The second-order valence-electron chi connectivity index (χ2n) is 13.2. The standard InChI is InChI=1S/C42H35IN4O7/c1-51-37-16-33-35(44-20-31-14-28(22-46(31)41(33)49)26-6-4-25(24-48)5-7-26)18-39(37)53-12-3-13-54-40-19-36-34(17-38(40)52-2)42(50)47-23-29(15-32(47)21-45-36)27-8-10-30(43)11-9-27/h4-11,16-24,31-32H,3,12-15H2,1-2H3/t31-,32-/m0/s1. The summed E-state index contributed by atoms with van der Waals surface area (Å²) in [6, 6.07) is 22.0. The highest BCUT2D eigenvalue weighted by molar-refractivity contribution is 14.1. The van der Waals surface area contributed by atoms with E-state index < -0.39 is 0 Å². The molecule has 4 aromatic carbocycles. The van der Waals surface area contributed by atoms with Crippen LogP contribution in [-0.4, -0.2) is 79.8 Å². The van der Waals surface area contributed by atoms with Gasteiger partial charge in [-0.3, -0.25) is 24.4 Å². The molecule has 4 aliphatic heterocycles. The van der Waals surface area contributed by atoms with E-state index in [2.05, 4.69) is 51.8 Å². The minimum Gasteiger partial charge on any atom is -0.493 e. The Kier molecular flexibility index (Phi) is 9.76. The molecule has 2 amide bonds. The van der Waals surface area contributed by atoms with E-state index in [1.165, 1.54) is 7.11 Å². The number of amides is 2. The first-order chi connectivity index (χ1) is 26.3. The van der Waals surface area contributed by atoms with Gasteiger partial charge in [0.2, 0.25) is 0 Å². The Balaban J connectivity index is 0.910. The van der Waals surface area contributed by atoms with Gasteiger partial charge >= 0.3 is 0 Å². The normalized spacial score (nSPS) is 18.1. The molecule has 2 atom stereocenters. The fourth-order valence-corrected chi connectivity index (χ4v) is 7.36. The van der Waals surface area contributed by atoms with Crippen molar-refractivity contribution in [3.63, 3.8) is 0 Å². The van der Waals surface area contributed by atoms with Gasteiger partial charge in [-0.1, -0.05) is 36.4 Å². The number of carbonyl (C=O) groups excluding carboxylic acids is 3. The maximum atomic E-state index is 13.7. The van der Waals surface area contributed by atoms with E-state index in [-0.39, 0.29) is 23.9 Å². The number of ether oxygens (including phenoxy) is 4. The van der Waals surface area contributed by atoms with Crippen LogP contribution in [0.5, 0.6) is 23.0 Å². The predicted molar refractivity (Wildman–Crippen MR) is 214 cm³/mol. The summed E-state index contributed by atoms with van der Waals surface area (Å²) in [4.78, 5) is 51.3. The molecule has 4 heterocycles.